The van der Waals surface area contributed by atoms with Crippen LogP contribution in [0.5, 0.6) is 0 Å². The highest BCUT2D eigenvalue weighted by Gasteiger charge is 2.33. The van der Waals surface area contributed by atoms with Crippen LogP contribution >= 0.6 is 0 Å². The highest BCUT2D eigenvalue weighted by molar-refractivity contribution is 5.98. The van der Waals surface area contributed by atoms with E-state index in [1.54, 1.807) is 4.90 Å². The summed E-state index contributed by atoms with van der Waals surface area (Å²) in [4.78, 5) is 26.3. The van der Waals surface area contributed by atoms with E-state index in [2.05, 4.69) is 25.9 Å². The number of amides is 2. The standard InChI is InChI=1S/C16H19FN6O2/c1-2-4-14(24)23-8-3-5-13(23)16(25)18-12-9-10(6-7-11(12)17)15-19-21-22-20-15/h6-7,9,13H,2-5,8H2,1H3,(H,18,25)(H,19,20,21,22). The van der Waals surface area contributed by atoms with E-state index in [9.17, 15) is 14.0 Å². The van der Waals surface area contributed by atoms with Crippen LogP contribution in [0.4, 0.5) is 10.1 Å². The molecule has 2 N–H and O–H groups in total. The predicted octanol–water partition coefficient (Wildman–Crippen LogP) is 1.74. The van der Waals surface area contributed by atoms with Crippen molar-refractivity contribution in [3.8, 4) is 11.4 Å². The lowest BCUT2D eigenvalue weighted by atomic mass is 10.1. The van der Waals surface area contributed by atoms with E-state index < -0.39 is 11.9 Å². The van der Waals surface area contributed by atoms with Gasteiger partial charge in [-0.1, -0.05) is 6.92 Å². The van der Waals surface area contributed by atoms with Gasteiger partial charge in [-0.3, -0.25) is 9.59 Å². The normalized spacial score (nSPS) is 16.9. The zero-order valence-electron chi connectivity index (χ0n) is 13.8. The van der Waals surface area contributed by atoms with Crippen molar-refractivity contribution in [3.05, 3.63) is 24.0 Å². The molecule has 1 aliphatic rings. The SMILES string of the molecule is CCCC(=O)N1CCCC1C(=O)Nc1cc(-c2nn[nH]n2)ccc1F. The molecule has 1 aromatic heterocycles. The first-order chi connectivity index (χ1) is 12.1. The molecule has 1 saturated heterocycles. The molecule has 1 aliphatic heterocycles. The Balaban J connectivity index is 1.76. The molecule has 132 valence electrons. The molecule has 2 aromatic rings. The van der Waals surface area contributed by atoms with Gasteiger partial charge in [0.15, 0.2) is 0 Å². The molecule has 0 aliphatic carbocycles. The number of aromatic amines is 1. The van der Waals surface area contributed by atoms with Crippen molar-refractivity contribution >= 4 is 17.5 Å². The molecular formula is C16H19FN6O2. The third-order valence-electron chi connectivity index (χ3n) is 4.17. The molecule has 2 heterocycles. The quantitative estimate of drug-likeness (QED) is 0.858. The van der Waals surface area contributed by atoms with Crippen molar-refractivity contribution < 1.29 is 14.0 Å². The Bertz CT molecular complexity index is 764. The first-order valence-corrected chi connectivity index (χ1v) is 8.24. The predicted molar refractivity (Wildman–Crippen MR) is 87.8 cm³/mol. The zero-order chi connectivity index (χ0) is 17.8. The average molecular weight is 346 g/mol. The largest absolute Gasteiger partial charge is 0.331 e. The Morgan fingerprint density at radius 1 is 1.44 bits per heavy atom. The minimum absolute atomic E-state index is 0.0297. The topological polar surface area (TPSA) is 104 Å². The van der Waals surface area contributed by atoms with Crippen LogP contribution in [0.2, 0.25) is 0 Å². The van der Waals surface area contributed by atoms with Crippen molar-refractivity contribution in [1.29, 1.82) is 0 Å². The summed E-state index contributed by atoms with van der Waals surface area (Å²) in [5.74, 6) is -0.687. The lowest BCUT2D eigenvalue weighted by molar-refractivity contribution is -0.136. The Morgan fingerprint density at radius 2 is 2.28 bits per heavy atom. The van der Waals surface area contributed by atoms with Gasteiger partial charge in [-0.2, -0.15) is 5.21 Å². The average Bonchev–Trinajstić information content (AvgIpc) is 3.28. The molecule has 0 bridgehead atoms. The monoisotopic (exact) mass is 346 g/mol. The smallest absolute Gasteiger partial charge is 0.247 e. The number of tetrazole rings is 1. The summed E-state index contributed by atoms with van der Waals surface area (Å²) in [6.07, 6.45) is 2.48. The molecule has 0 spiro atoms. The fourth-order valence-corrected chi connectivity index (χ4v) is 2.96. The van der Waals surface area contributed by atoms with Crippen LogP contribution < -0.4 is 5.32 Å². The fourth-order valence-electron chi connectivity index (χ4n) is 2.96. The van der Waals surface area contributed by atoms with E-state index in [1.807, 2.05) is 6.92 Å². The van der Waals surface area contributed by atoms with Gasteiger partial charge in [0, 0.05) is 18.5 Å². The second-order valence-corrected chi connectivity index (χ2v) is 5.91. The maximum Gasteiger partial charge on any atom is 0.247 e. The van der Waals surface area contributed by atoms with E-state index in [4.69, 9.17) is 0 Å². The summed E-state index contributed by atoms with van der Waals surface area (Å²) in [5, 5.41) is 16.0. The number of likely N-dealkylation sites (tertiary alicyclic amines) is 1. The van der Waals surface area contributed by atoms with E-state index >= 15 is 0 Å². The number of benzene rings is 1. The van der Waals surface area contributed by atoms with Gasteiger partial charge in [-0.05, 0) is 42.7 Å². The molecule has 9 heteroatoms. The molecule has 0 radical (unpaired) electrons. The third-order valence-corrected chi connectivity index (χ3v) is 4.17. The molecule has 3 rings (SSSR count). The number of carbonyl (C=O) groups is 2. The number of H-pyrrole nitrogens is 1. The number of hydrogen-bond acceptors (Lipinski definition) is 5. The highest BCUT2D eigenvalue weighted by atomic mass is 19.1. The maximum atomic E-state index is 14.1. The minimum atomic E-state index is -0.565. The summed E-state index contributed by atoms with van der Waals surface area (Å²) in [7, 11) is 0. The summed E-state index contributed by atoms with van der Waals surface area (Å²) in [5.41, 5.74) is 0.554. The Labute approximate surface area is 143 Å². The first-order valence-electron chi connectivity index (χ1n) is 8.24. The number of hydrogen-bond donors (Lipinski definition) is 2. The van der Waals surface area contributed by atoms with E-state index in [-0.39, 0.29) is 17.5 Å². The van der Waals surface area contributed by atoms with Gasteiger partial charge >= 0.3 is 0 Å². The Hall–Kier alpha value is -2.84. The van der Waals surface area contributed by atoms with Crippen LogP contribution in [0.3, 0.4) is 0 Å². The summed E-state index contributed by atoms with van der Waals surface area (Å²) in [6, 6.07) is 3.62. The van der Waals surface area contributed by atoms with Crippen LogP contribution in [0.15, 0.2) is 18.2 Å². The molecular weight excluding hydrogens is 327 g/mol. The van der Waals surface area contributed by atoms with Gasteiger partial charge in [0.1, 0.15) is 11.9 Å². The fraction of sp³-hybridized carbons (Fsp3) is 0.438. The number of anilines is 1. The van der Waals surface area contributed by atoms with E-state index in [0.29, 0.717) is 30.8 Å². The van der Waals surface area contributed by atoms with Crippen molar-refractivity contribution in [2.45, 2.75) is 38.6 Å². The third kappa shape index (κ3) is 3.65. The van der Waals surface area contributed by atoms with Crippen molar-refractivity contribution in [2.24, 2.45) is 0 Å². The molecule has 0 saturated carbocycles. The summed E-state index contributed by atoms with van der Waals surface area (Å²) in [6.45, 7) is 2.48. The van der Waals surface area contributed by atoms with Crippen molar-refractivity contribution in [1.82, 2.24) is 25.5 Å². The van der Waals surface area contributed by atoms with Crippen molar-refractivity contribution in [2.75, 3.05) is 11.9 Å². The van der Waals surface area contributed by atoms with Gasteiger partial charge in [0.25, 0.3) is 0 Å². The Kier molecular flexibility index (Phi) is 5.01. The van der Waals surface area contributed by atoms with E-state index in [1.165, 1.54) is 18.2 Å². The highest BCUT2D eigenvalue weighted by Crippen LogP contribution is 2.24. The second kappa shape index (κ2) is 7.37. The lowest BCUT2D eigenvalue weighted by Gasteiger charge is -2.24. The molecule has 1 aromatic carbocycles. The second-order valence-electron chi connectivity index (χ2n) is 5.91. The number of nitrogens with zero attached hydrogens (tertiary/aromatic N) is 4. The van der Waals surface area contributed by atoms with Gasteiger partial charge < -0.3 is 10.2 Å². The number of aromatic nitrogens is 4. The first kappa shape index (κ1) is 17.0. The van der Waals surface area contributed by atoms with Crippen LogP contribution in [0.1, 0.15) is 32.6 Å². The van der Waals surface area contributed by atoms with Gasteiger partial charge in [0.2, 0.25) is 17.6 Å². The van der Waals surface area contributed by atoms with Crippen LogP contribution in [-0.2, 0) is 9.59 Å². The molecule has 25 heavy (non-hydrogen) atoms. The molecule has 1 fully saturated rings. The van der Waals surface area contributed by atoms with Crippen LogP contribution in [0, 0.1) is 5.82 Å². The maximum absolute atomic E-state index is 14.1. The molecule has 1 atom stereocenters. The number of halogens is 1. The van der Waals surface area contributed by atoms with Crippen LogP contribution in [0.25, 0.3) is 11.4 Å². The summed E-state index contributed by atoms with van der Waals surface area (Å²) < 4.78 is 14.1. The van der Waals surface area contributed by atoms with E-state index in [0.717, 1.165) is 12.8 Å². The minimum Gasteiger partial charge on any atom is -0.331 e. The van der Waals surface area contributed by atoms with Gasteiger partial charge in [-0.25, -0.2) is 4.39 Å². The number of rotatable bonds is 5. The molecule has 1 unspecified atom stereocenters. The number of nitrogens with one attached hydrogen (secondary N) is 2. The summed E-state index contributed by atoms with van der Waals surface area (Å²) >= 11 is 0. The zero-order valence-corrected chi connectivity index (χ0v) is 13.8. The van der Waals surface area contributed by atoms with Gasteiger partial charge in [-0.15, -0.1) is 10.2 Å². The van der Waals surface area contributed by atoms with Gasteiger partial charge in [0.05, 0.1) is 5.69 Å². The van der Waals surface area contributed by atoms with Crippen LogP contribution in [-0.4, -0.2) is 49.9 Å². The lowest BCUT2D eigenvalue weighted by Crippen LogP contribution is -2.43. The Morgan fingerprint density at radius 3 is 3.00 bits per heavy atom. The molecule has 2 amide bonds. The number of carbonyl (C=O) groups excluding carboxylic acids is 2. The van der Waals surface area contributed by atoms with Crippen molar-refractivity contribution in [3.63, 3.8) is 0 Å². The molecule has 8 nitrogen and oxygen atoms in total.